The molecule has 1 aromatic heterocycles. The van der Waals surface area contributed by atoms with E-state index in [2.05, 4.69) is 37.1 Å². The molecule has 0 radical (unpaired) electrons. The van der Waals surface area contributed by atoms with Crippen molar-refractivity contribution < 1.29 is 4.74 Å². The molecule has 17 heavy (non-hydrogen) atoms. The quantitative estimate of drug-likeness (QED) is 0.705. The lowest BCUT2D eigenvalue weighted by Crippen LogP contribution is -2.21. The first-order valence-electron chi connectivity index (χ1n) is 6.41. The van der Waals surface area contributed by atoms with Crippen molar-refractivity contribution in [3.8, 4) is 0 Å². The fourth-order valence-corrected chi connectivity index (χ4v) is 1.56. The van der Waals surface area contributed by atoms with Gasteiger partial charge in [-0.15, -0.1) is 0 Å². The van der Waals surface area contributed by atoms with Crippen LogP contribution in [0, 0.1) is 5.92 Å². The number of aromatic nitrogens is 1. The lowest BCUT2D eigenvalue weighted by atomic mass is 10.1. The summed E-state index contributed by atoms with van der Waals surface area (Å²) in [7, 11) is 0. The van der Waals surface area contributed by atoms with E-state index in [0.29, 0.717) is 12.0 Å². The number of nitrogens with zero attached hydrogens (tertiary/aromatic N) is 1. The molecule has 3 nitrogen and oxygen atoms in total. The molecule has 0 aliphatic heterocycles. The Hall–Kier alpha value is -0.930. The topological polar surface area (TPSA) is 34.1 Å². The largest absolute Gasteiger partial charge is 0.381 e. The van der Waals surface area contributed by atoms with Crippen molar-refractivity contribution in [2.24, 2.45) is 5.92 Å². The minimum absolute atomic E-state index is 0.355. The highest BCUT2D eigenvalue weighted by Gasteiger charge is 2.03. The fourth-order valence-electron chi connectivity index (χ4n) is 1.56. The first-order chi connectivity index (χ1) is 8.20. The summed E-state index contributed by atoms with van der Waals surface area (Å²) in [4.78, 5) is 4.12. The molecule has 0 aliphatic rings. The summed E-state index contributed by atoms with van der Waals surface area (Å²) in [6.07, 6.45) is 4.76. The van der Waals surface area contributed by atoms with E-state index in [9.17, 15) is 0 Å². The van der Waals surface area contributed by atoms with Gasteiger partial charge in [-0.2, -0.15) is 0 Å². The van der Waals surface area contributed by atoms with Crippen molar-refractivity contribution in [2.75, 3.05) is 19.8 Å². The summed E-state index contributed by atoms with van der Waals surface area (Å²) < 4.78 is 5.53. The maximum absolute atomic E-state index is 5.53. The van der Waals surface area contributed by atoms with Gasteiger partial charge in [-0.05, 0) is 37.4 Å². The van der Waals surface area contributed by atoms with E-state index < -0.39 is 0 Å². The molecule has 1 heterocycles. The molecular formula is C14H24N2O. The number of ether oxygens (including phenoxy) is 1. The molecule has 0 aliphatic carbocycles. The van der Waals surface area contributed by atoms with Crippen molar-refractivity contribution in [1.29, 1.82) is 0 Å². The minimum Gasteiger partial charge on any atom is -0.381 e. The molecule has 1 atom stereocenters. The Morgan fingerprint density at radius 3 is 2.82 bits per heavy atom. The first-order valence-corrected chi connectivity index (χ1v) is 6.41. The number of hydrogen-bond donors (Lipinski definition) is 1. The molecule has 0 amide bonds. The lowest BCUT2D eigenvalue weighted by molar-refractivity contribution is 0.107. The molecule has 0 saturated heterocycles. The predicted octanol–water partition coefficient (Wildman–Crippen LogP) is 2.79. The summed E-state index contributed by atoms with van der Waals surface area (Å²) in [6.45, 7) is 9.18. The van der Waals surface area contributed by atoms with Crippen LogP contribution in [-0.2, 0) is 4.74 Å². The average Bonchev–Trinajstić information content (AvgIpc) is 2.34. The Morgan fingerprint density at radius 1 is 1.35 bits per heavy atom. The van der Waals surface area contributed by atoms with Crippen LogP contribution in [0.4, 0.5) is 0 Å². The van der Waals surface area contributed by atoms with Gasteiger partial charge in [0.05, 0.1) is 0 Å². The number of hydrogen-bond acceptors (Lipinski definition) is 3. The molecule has 3 heteroatoms. The van der Waals surface area contributed by atoms with Gasteiger partial charge in [-0.25, -0.2) is 0 Å². The third-order valence-corrected chi connectivity index (χ3v) is 2.55. The molecule has 0 bridgehead atoms. The van der Waals surface area contributed by atoms with E-state index in [1.165, 1.54) is 5.56 Å². The van der Waals surface area contributed by atoms with Crippen molar-refractivity contribution in [2.45, 2.75) is 33.2 Å². The van der Waals surface area contributed by atoms with Gasteiger partial charge in [-0.1, -0.05) is 19.9 Å². The van der Waals surface area contributed by atoms with Gasteiger partial charge in [0.2, 0.25) is 0 Å². The van der Waals surface area contributed by atoms with E-state index in [-0.39, 0.29) is 0 Å². The molecule has 1 N–H and O–H groups in total. The molecular weight excluding hydrogens is 212 g/mol. The SMILES string of the molecule is CC(C)COCCCNC(C)c1cccnc1. The minimum atomic E-state index is 0.355. The highest BCUT2D eigenvalue weighted by molar-refractivity contribution is 5.12. The summed E-state index contributed by atoms with van der Waals surface area (Å²) in [5.41, 5.74) is 1.23. The van der Waals surface area contributed by atoms with E-state index >= 15 is 0 Å². The second kappa shape index (κ2) is 8.20. The molecule has 0 aromatic carbocycles. The fraction of sp³-hybridized carbons (Fsp3) is 0.643. The zero-order chi connectivity index (χ0) is 12.5. The third kappa shape index (κ3) is 6.39. The second-order valence-electron chi connectivity index (χ2n) is 4.78. The van der Waals surface area contributed by atoms with Gasteiger partial charge in [-0.3, -0.25) is 4.98 Å². The molecule has 1 rings (SSSR count). The average molecular weight is 236 g/mol. The van der Waals surface area contributed by atoms with E-state index in [4.69, 9.17) is 4.74 Å². The van der Waals surface area contributed by atoms with Crippen LogP contribution in [0.5, 0.6) is 0 Å². The highest BCUT2D eigenvalue weighted by Crippen LogP contribution is 2.09. The Labute approximate surface area is 105 Å². The molecule has 0 fully saturated rings. The van der Waals surface area contributed by atoms with Crippen LogP contribution in [0.15, 0.2) is 24.5 Å². The number of nitrogens with one attached hydrogen (secondary N) is 1. The van der Waals surface area contributed by atoms with Gasteiger partial charge in [0.1, 0.15) is 0 Å². The van der Waals surface area contributed by atoms with Gasteiger partial charge in [0.15, 0.2) is 0 Å². The second-order valence-corrected chi connectivity index (χ2v) is 4.78. The third-order valence-electron chi connectivity index (χ3n) is 2.55. The molecule has 0 spiro atoms. The van der Waals surface area contributed by atoms with Crippen LogP contribution < -0.4 is 5.32 Å². The summed E-state index contributed by atoms with van der Waals surface area (Å²) >= 11 is 0. The zero-order valence-electron chi connectivity index (χ0n) is 11.1. The van der Waals surface area contributed by atoms with Crippen LogP contribution in [0.2, 0.25) is 0 Å². The van der Waals surface area contributed by atoms with Crippen molar-refractivity contribution in [3.63, 3.8) is 0 Å². The van der Waals surface area contributed by atoms with Crippen LogP contribution in [0.3, 0.4) is 0 Å². The van der Waals surface area contributed by atoms with Crippen LogP contribution in [-0.4, -0.2) is 24.7 Å². The predicted molar refractivity (Wildman–Crippen MR) is 70.9 cm³/mol. The number of rotatable bonds is 8. The Kier molecular flexibility index (Phi) is 6.82. The van der Waals surface area contributed by atoms with Crippen LogP contribution in [0.25, 0.3) is 0 Å². The summed E-state index contributed by atoms with van der Waals surface area (Å²) in [5.74, 6) is 0.622. The lowest BCUT2D eigenvalue weighted by Gasteiger charge is -2.13. The molecule has 1 unspecified atom stereocenters. The normalized spacial score (nSPS) is 12.9. The molecule has 0 saturated carbocycles. The smallest absolute Gasteiger partial charge is 0.0489 e. The van der Waals surface area contributed by atoms with Crippen molar-refractivity contribution >= 4 is 0 Å². The van der Waals surface area contributed by atoms with Gasteiger partial charge in [0.25, 0.3) is 0 Å². The van der Waals surface area contributed by atoms with Gasteiger partial charge < -0.3 is 10.1 Å². The van der Waals surface area contributed by atoms with Crippen molar-refractivity contribution in [3.05, 3.63) is 30.1 Å². The highest BCUT2D eigenvalue weighted by atomic mass is 16.5. The Bertz CT molecular complexity index is 288. The standard InChI is InChI=1S/C14H24N2O/c1-12(2)11-17-9-5-8-16-13(3)14-6-4-7-15-10-14/h4,6-7,10,12-13,16H,5,8-9,11H2,1-3H3. The van der Waals surface area contributed by atoms with E-state index in [1.807, 2.05) is 12.3 Å². The first kappa shape index (κ1) is 14.1. The maximum atomic E-state index is 5.53. The Balaban J connectivity index is 2.07. The van der Waals surface area contributed by atoms with E-state index in [0.717, 1.165) is 26.2 Å². The van der Waals surface area contributed by atoms with Crippen molar-refractivity contribution in [1.82, 2.24) is 10.3 Å². The maximum Gasteiger partial charge on any atom is 0.0489 e. The molecule has 96 valence electrons. The number of pyridine rings is 1. The summed E-state index contributed by atoms with van der Waals surface area (Å²) in [5, 5.41) is 3.47. The molecule has 1 aromatic rings. The van der Waals surface area contributed by atoms with Gasteiger partial charge in [0, 0.05) is 31.6 Å². The van der Waals surface area contributed by atoms with Gasteiger partial charge >= 0.3 is 0 Å². The monoisotopic (exact) mass is 236 g/mol. The summed E-state index contributed by atoms with van der Waals surface area (Å²) in [6, 6.07) is 4.42. The zero-order valence-corrected chi connectivity index (χ0v) is 11.1. The van der Waals surface area contributed by atoms with E-state index in [1.54, 1.807) is 6.20 Å². The van der Waals surface area contributed by atoms with Crippen LogP contribution in [0.1, 0.15) is 38.8 Å². The Morgan fingerprint density at radius 2 is 2.18 bits per heavy atom. The van der Waals surface area contributed by atoms with Crippen LogP contribution >= 0.6 is 0 Å².